The van der Waals surface area contributed by atoms with Gasteiger partial charge in [0, 0.05) is 7.05 Å². The van der Waals surface area contributed by atoms with Gasteiger partial charge in [-0.15, -0.1) is 0 Å². The molecular formula is C15H20Cl2N2O2. The Bertz CT molecular complexity index is 504. The minimum absolute atomic E-state index is 0.0608. The fraction of sp³-hybridized carbons (Fsp3) is 0.533. The predicted molar refractivity (Wildman–Crippen MR) is 85.0 cm³/mol. The van der Waals surface area contributed by atoms with Gasteiger partial charge in [-0.1, -0.05) is 29.3 Å². The molecule has 0 spiro atoms. The molecule has 0 aromatic heterocycles. The lowest BCUT2D eigenvalue weighted by Crippen LogP contribution is -2.40. The molecule has 1 aromatic carbocycles. The lowest BCUT2D eigenvalue weighted by molar-refractivity contribution is 0.0946. The molecule has 1 aliphatic rings. The van der Waals surface area contributed by atoms with Gasteiger partial charge in [-0.25, -0.2) is 4.79 Å². The molecular weight excluding hydrogens is 311 g/mol. The van der Waals surface area contributed by atoms with Crippen molar-refractivity contribution in [2.75, 3.05) is 27.2 Å². The van der Waals surface area contributed by atoms with Crippen LogP contribution >= 0.6 is 23.2 Å². The molecule has 4 nitrogen and oxygen atoms in total. The van der Waals surface area contributed by atoms with Crippen LogP contribution < -0.4 is 5.32 Å². The third-order valence-electron chi connectivity index (χ3n) is 4.00. The van der Waals surface area contributed by atoms with Crippen molar-refractivity contribution in [2.24, 2.45) is 5.92 Å². The van der Waals surface area contributed by atoms with Crippen molar-refractivity contribution < 1.29 is 9.53 Å². The standard InChI is InChI=1S/C15H20Cl2N2O2/c1-19(15(20)21-2)14(10-5-7-18-8-6-10)11-3-4-12(16)13(17)9-11/h3-4,9-10,14,18H,5-8H2,1-2H3. The Balaban J connectivity index is 2.33. The van der Waals surface area contributed by atoms with Gasteiger partial charge in [0.05, 0.1) is 23.2 Å². The number of hydrogen-bond acceptors (Lipinski definition) is 3. The van der Waals surface area contributed by atoms with Crippen molar-refractivity contribution in [3.8, 4) is 0 Å². The highest BCUT2D eigenvalue weighted by Crippen LogP contribution is 2.36. The highest BCUT2D eigenvalue weighted by Gasteiger charge is 2.31. The Morgan fingerprint density at radius 2 is 2.00 bits per heavy atom. The number of piperidine rings is 1. The number of nitrogens with one attached hydrogen (secondary N) is 1. The van der Waals surface area contributed by atoms with Gasteiger partial charge in [0.25, 0.3) is 0 Å². The molecule has 1 aliphatic heterocycles. The number of ether oxygens (including phenoxy) is 1. The van der Waals surface area contributed by atoms with E-state index in [4.69, 9.17) is 27.9 Å². The van der Waals surface area contributed by atoms with E-state index in [0.717, 1.165) is 31.5 Å². The summed E-state index contributed by atoms with van der Waals surface area (Å²) in [5.74, 6) is 0.368. The van der Waals surface area contributed by atoms with Crippen molar-refractivity contribution in [1.82, 2.24) is 10.2 Å². The number of benzene rings is 1. The third kappa shape index (κ3) is 3.82. The summed E-state index contributed by atoms with van der Waals surface area (Å²) in [5.41, 5.74) is 0.990. The first-order chi connectivity index (χ1) is 10.0. The van der Waals surface area contributed by atoms with Gasteiger partial charge in [-0.05, 0) is 49.5 Å². The summed E-state index contributed by atoms with van der Waals surface area (Å²) in [5, 5.41) is 4.37. The van der Waals surface area contributed by atoms with Crippen LogP contribution in [0.1, 0.15) is 24.4 Å². The van der Waals surface area contributed by atoms with Gasteiger partial charge in [0.2, 0.25) is 0 Å². The van der Waals surface area contributed by atoms with E-state index in [1.807, 2.05) is 12.1 Å². The van der Waals surface area contributed by atoms with Crippen LogP contribution in [0.2, 0.25) is 10.0 Å². The number of halogens is 2. The van der Waals surface area contributed by atoms with E-state index in [1.165, 1.54) is 7.11 Å². The molecule has 1 unspecified atom stereocenters. The van der Waals surface area contributed by atoms with E-state index >= 15 is 0 Å². The maximum Gasteiger partial charge on any atom is 0.409 e. The van der Waals surface area contributed by atoms with Crippen LogP contribution in [-0.2, 0) is 4.74 Å². The minimum Gasteiger partial charge on any atom is -0.453 e. The van der Waals surface area contributed by atoms with Crippen molar-refractivity contribution in [3.05, 3.63) is 33.8 Å². The molecule has 1 aromatic rings. The normalized spacial score (nSPS) is 17.3. The van der Waals surface area contributed by atoms with Crippen molar-refractivity contribution >= 4 is 29.3 Å². The SMILES string of the molecule is COC(=O)N(C)C(c1ccc(Cl)c(Cl)c1)C1CCNCC1. The summed E-state index contributed by atoms with van der Waals surface area (Å²) in [6, 6.07) is 5.49. The highest BCUT2D eigenvalue weighted by atomic mass is 35.5. The number of carbonyl (C=O) groups excluding carboxylic acids is 1. The minimum atomic E-state index is -0.343. The second-order valence-electron chi connectivity index (χ2n) is 5.29. The van der Waals surface area contributed by atoms with Crippen LogP contribution in [-0.4, -0.2) is 38.2 Å². The van der Waals surface area contributed by atoms with Crippen molar-refractivity contribution in [1.29, 1.82) is 0 Å². The number of amides is 1. The van der Waals surface area contributed by atoms with Crippen LogP contribution in [0.5, 0.6) is 0 Å². The molecule has 1 atom stereocenters. The summed E-state index contributed by atoms with van der Waals surface area (Å²) < 4.78 is 4.87. The second-order valence-corrected chi connectivity index (χ2v) is 6.10. The zero-order valence-electron chi connectivity index (χ0n) is 12.2. The maximum atomic E-state index is 12.0. The fourth-order valence-corrected chi connectivity index (χ4v) is 3.23. The molecule has 1 saturated heterocycles. The fourth-order valence-electron chi connectivity index (χ4n) is 2.93. The van der Waals surface area contributed by atoms with Gasteiger partial charge in [0.1, 0.15) is 0 Å². The molecule has 0 radical (unpaired) electrons. The van der Waals surface area contributed by atoms with Crippen LogP contribution in [0.4, 0.5) is 4.79 Å². The van der Waals surface area contributed by atoms with E-state index < -0.39 is 0 Å². The average molecular weight is 331 g/mol. The maximum absolute atomic E-state index is 12.0. The van der Waals surface area contributed by atoms with Gasteiger partial charge >= 0.3 is 6.09 Å². The van der Waals surface area contributed by atoms with Gasteiger partial charge in [-0.2, -0.15) is 0 Å². The Labute approximate surface area is 135 Å². The zero-order chi connectivity index (χ0) is 15.4. The zero-order valence-corrected chi connectivity index (χ0v) is 13.7. The predicted octanol–water partition coefficient (Wildman–Crippen LogP) is 3.73. The van der Waals surface area contributed by atoms with Gasteiger partial charge < -0.3 is 15.0 Å². The molecule has 0 bridgehead atoms. The molecule has 6 heteroatoms. The van der Waals surface area contributed by atoms with Crippen LogP contribution in [0.25, 0.3) is 0 Å². The Morgan fingerprint density at radius 1 is 1.33 bits per heavy atom. The number of hydrogen-bond donors (Lipinski definition) is 1. The Kier molecular flexibility index (Phi) is 5.73. The Hall–Kier alpha value is -0.970. The van der Waals surface area contributed by atoms with Gasteiger partial charge in [0.15, 0.2) is 0 Å². The van der Waals surface area contributed by atoms with Crippen molar-refractivity contribution in [3.63, 3.8) is 0 Å². The first-order valence-corrected chi connectivity index (χ1v) is 7.76. The lowest BCUT2D eigenvalue weighted by Gasteiger charge is -2.36. The molecule has 0 saturated carbocycles. The summed E-state index contributed by atoms with van der Waals surface area (Å²) in [4.78, 5) is 13.6. The molecule has 116 valence electrons. The van der Waals surface area contributed by atoms with E-state index in [1.54, 1.807) is 18.0 Å². The monoisotopic (exact) mass is 330 g/mol. The van der Waals surface area contributed by atoms with E-state index in [0.29, 0.717) is 16.0 Å². The summed E-state index contributed by atoms with van der Waals surface area (Å²) in [6.07, 6.45) is 1.67. The van der Waals surface area contributed by atoms with Crippen molar-refractivity contribution in [2.45, 2.75) is 18.9 Å². The highest BCUT2D eigenvalue weighted by molar-refractivity contribution is 6.42. The van der Waals surface area contributed by atoms with Crippen LogP contribution in [0.15, 0.2) is 18.2 Å². The second kappa shape index (κ2) is 7.34. The van der Waals surface area contributed by atoms with Crippen LogP contribution in [0, 0.1) is 5.92 Å². The number of methoxy groups -OCH3 is 1. The summed E-state index contributed by atoms with van der Waals surface area (Å²) >= 11 is 12.1. The molecule has 0 aliphatic carbocycles. The quantitative estimate of drug-likeness (QED) is 0.918. The summed E-state index contributed by atoms with van der Waals surface area (Å²) in [6.45, 7) is 1.91. The molecule has 21 heavy (non-hydrogen) atoms. The molecule has 1 N–H and O–H groups in total. The first kappa shape index (κ1) is 16.4. The first-order valence-electron chi connectivity index (χ1n) is 7.01. The van der Waals surface area contributed by atoms with Gasteiger partial charge in [-0.3, -0.25) is 0 Å². The molecule has 1 fully saturated rings. The Morgan fingerprint density at radius 3 is 2.57 bits per heavy atom. The smallest absolute Gasteiger partial charge is 0.409 e. The lowest BCUT2D eigenvalue weighted by atomic mass is 9.85. The molecule has 1 amide bonds. The number of carbonyl (C=O) groups is 1. The van der Waals surface area contributed by atoms with E-state index in [-0.39, 0.29) is 12.1 Å². The molecule has 2 rings (SSSR count). The average Bonchev–Trinajstić information content (AvgIpc) is 2.51. The molecule has 1 heterocycles. The third-order valence-corrected chi connectivity index (χ3v) is 4.73. The van der Waals surface area contributed by atoms with E-state index in [2.05, 4.69) is 5.32 Å². The number of nitrogens with zero attached hydrogens (tertiary/aromatic N) is 1. The largest absolute Gasteiger partial charge is 0.453 e. The topological polar surface area (TPSA) is 41.6 Å². The van der Waals surface area contributed by atoms with E-state index in [9.17, 15) is 4.79 Å². The number of rotatable bonds is 3. The van der Waals surface area contributed by atoms with Crippen LogP contribution in [0.3, 0.4) is 0 Å². The summed E-state index contributed by atoms with van der Waals surface area (Å²) in [7, 11) is 3.16.